The van der Waals surface area contributed by atoms with Gasteiger partial charge < -0.3 is 0 Å². The van der Waals surface area contributed by atoms with Crippen molar-refractivity contribution in [3.8, 4) is 0 Å². The molecule has 0 unspecified atom stereocenters. The number of nitrogens with zero attached hydrogens (tertiary/aromatic N) is 1. The summed E-state index contributed by atoms with van der Waals surface area (Å²) in [5.74, 6) is 0. The van der Waals surface area contributed by atoms with Gasteiger partial charge in [0.15, 0.2) is 0 Å². The van der Waals surface area contributed by atoms with Gasteiger partial charge in [0.05, 0.1) is 0 Å². The van der Waals surface area contributed by atoms with Crippen LogP contribution in [0.2, 0.25) is 0 Å². The van der Waals surface area contributed by atoms with Crippen LogP contribution in [-0.2, 0) is 5.41 Å². The lowest BCUT2D eigenvalue weighted by molar-refractivity contribution is -0.885. The summed E-state index contributed by atoms with van der Waals surface area (Å²) >= 11 is 0. The lowest BCUT2D eigenvalue weighted by atomic mass is 9.88. The van der Waals surface area contributed by atoms with Crippen LogP contribution in [0.15, 0.2) is 24.5 Å². The van der Waals surface area contributed by atoms with Crippen LogP contribution in [0.5, 0.6) is 0 Å². The maximum absolute atomic E-state index is 5.00. The molecule has 0 amide bonds. The summed E-state index contributed by atoms with van der Waals surface area (Å²) < 4.78 is 1.68. The average molecular weight is 166 g/mol. The van der Waals surface area contributed by atoms with Crippen LogP contribution in [0.1, 0.15) is 26.3 Å². The first-order chi connectivity index (χ1) is 5.54. The first-order valence-corrected chi connectivity index (χ1v) is 4.10. The van der Waals surface area contributed by atoms with Crippen molar-refractivity contribution in [1.29, 1.82) is 0 Å². The van der Waals surface area contributed by atoms with Crippen molar-refractivity contribution in [1.82, 2.24) is 0 Å². The zero-order valence-corrected chi connectivity index (χ0v) is 8.16. The van der Waals surface area contributed by atoms with E-state index in [1.54, 1.807) is 11.8 Å². The molecular formula is C10H16NO+. The van der Waals surface area contributed by atoms with E-state index in [0.29, 0.717) is 0 Å². The highest BCUT2D eigenvalue weighted by Crippen LogP contribution is 2.19. The van der Waals surface area contributed by atoms with Crippen LogP contribution >= 0.6 is 0 Å². The molecule has 0 spiro atoms. The number of rotatable bonds is 1. The Balaban J connectivity index is 2.93. The van der Waals surface area contributed by atoms with Gasteiger partial charge in [-0.2, -0.15) is 0 Å². The van der Waals surface area contributed by atoms with E-state index in [4.69, 9.17) is 4.84 Å². The smallest absolute Gasteiger partial charge is 0.222 e. The van der Waals surface area contributed by atoms with Crippen molar-refractivity contribution in [2.45, 2.75) is 26.2 Å². The Morgan fingerprint density at radius 3 is 2.00 bits per heavy atom. The van der Waals surface area contributed by atoms with Gasteiger partial charge in [0.2, 0.25) is 12.4 Å². The molecule has 1 rings (SSSR count). The Morgan fingerprint density at radius 1 is 1.17 bits per heavy atom. The third kappa shape index (κ3) is 1.97. The Hall–Kier alpha value is -1.05. The highest BCUT2D eigenvalue weighted by atomic mass is 16.6. The van der Waals surface area contributed by atoms with Gasteiger partial charge in [0.1, 0.15) is 7.11 Å². The van der Waals surface area contributed by atoms with E-state index in [1.165, 1.54) is 5.56 Å². The van der Waals surface area contributed by atoms with Gasteiger partial charge in [-0.3, -0.25) is 4.84 Å². The van der Waals surface area contributed by atoms with E-state index < -0.39 is 0 Å². The Bertz CT molecular complexity index is 246. The van der Waals surface area contributed by atoms with Crippen LogP contribution in [0, 0.1) is 0 Å². The maximum atomic E-state index is 5.00. The summed E-state index contributed by atoms with van der Waals surface area (Å²) in [6.07, 6.45) is 3.83. The quantitative estimate of drug-likeness (QED) is 0.574. The molecule has 0 aliphatic heterocycles. The van der Waals surface area contributed by atoms with E-state index in [0.717, 1.165) is 0 Å². The van der Waals surface area contributed by atoms with E-state index >= 15 is 0 Å². The molecule has 2 nitrogen and oxygen atoms in total. The van der Waals surface area contributed by atoms with Crippen LogP contribution in [0.3, 0.4) is 0 Å². The molecule has 1 aromatic rings. The van der Waals surface area contributed by atoms with E-state index in [1.807, 2.05) is 12.4 Å². The first-order valence-electron chi connectivity index (χ1n) is 4.10. The molecule has 2 heteroatoms. The highest BCUT2D eigenvalue weighted by molar-refractivity contribution is 5.17. The minimum Gasteiger partial charge on any atom is -0.275 e. The van der Waals surface area contributed by atoms with E-state index in [2.05, 4.69) is 32.9 Å². The fraction of sp³-hybridized carbons (Fsp3) is 0.500. The first kappa shape index (κ1) is 9.04. The topological polar surface area (TPSA) is 13.1 Å². The standard InChI is InChI=1S/C10H16NO/c1-10(2,3)9-5-7-11(12-4)8-6-9/h5-8H,1-4H3/q+1. The zero-order valence-electron chi connectivity index (χ0n) is 8.16. The van der Waals surface area contributed by atoms with Crippen LogP contribution < -0.4 is 9.57 Å². The predicted octanol–water partition coefficient (Wildman–Crippen LogP) is 1.33. The summed E-state index contributed by atoms with van der Waals surface area (Å²) in [4.78, 5) is 5.00. The largest absolute Gasteiger partial charge is 0.275 e. The van der Waals surface area contributed by atoms with Gasteiger partial charge in [0.25, 0.3) is 0 Å². The van der Waals surface area contributed by atoms with Crippen LogP contribution in [0.4, 0.5) is 0 Å². The molecule has 0 aliphatic rings. The number of hydrogen-bond acceptors (Lipinski definition) is 1. The van der Waals surface area contributed by atoms with Gasteiger partial charge in [-0.05, 0) is 11.0 Å². The predicted molar refractivity (Wildman–Crippen MR) is 47.8 cm³/mol. The van der Waals surface area contributed by atoms with Gasteiger partial charge in [-0.25, -0.2) is 0 Å². The summed E-state index contributed by atoms with van der Waals surface area (Å²) in [5, 5.41) is 0. The molecule has 0 saturated carbocycles. The summed E-state index contributed by atoms with van der Waals surface area (Å²) in [6.45, 7) is 6.58. The monoisotopic (exact) mass is 166 g/mol. The molecule has 0 N–H and O–H groups in total. The second-order valence-electron chi connectivity index (χ2n) is 3.88. The molecule has 0 atom stereocenters. The van der Waals surface area contributed by atoms with Crippen molar-refractivity contribution < 1.29 is 9.57 Å². The Kier molecular flexibility index (Phi) is 2.36. The third-order valence-electron chi connectivity index (χ3n) is 1.88. The van der Waals surface area contributed by atoms with E-state index in [9.17, 15) is 0 Å². The second-order valence-corrected chi connectivity index (χ2v) is 3.88. The van der Waals surface area contributed by atoms with Gasteiger partial charge in [-0.1, -0.05) is 20.8 Å². The second kappa shape index (κ2) is 3.13. The SMILES string of the molecule is CO[n+]1ccc(C(C)(C)C)cc1. The molecule has 0 bridgehead atoms. The molecule has 1 heterocycles. The molecule has 1 aromatic heterocycles. The zero-order chi connectivity index (χ0) is 9.19. The Morgan fingerprint density at radius 2 is 1.67 bits per heavy atom. The van der Waals surface area contributed by atoms with Crippen LogP contribution in [-0.4, -0.2) is 7.11 Å². The van der Waals surface area contributed by atoms with Crippen molar-refractivity contribution in [3.05, 3.63) is 30.1 Å². The molecule has 0 radical (unpaired) electrons. The van der Waals surface area contributed by atoms with Crippen molar-refractivity contribution >= 4 is 0 Å². The summed E-state index contributed by atoms with van der Waals surface area (Å²) in [7, 11) is 1.65. The van der Waals surface area contributed by atoms with Gasteiger partial charge in [0, 0.05) is 16.9 Å². The van der Waals surface area contributed by atoms with Gasteiger partial charge in [-0.15, -0.1) is 0 Å². The molecule has 0 aliphatic carbocycles. The fourth-order valence-electron chi connectivity index (χ4n) is 1.03. The Labute approximate surface area is 73.8 Å². The molecule has 0 aromatic carbocycles. The number of hydrogen-bond donors (Lipinski definition) is 0. The minimum atomic E-state index is 0.215. The lowest BCUT2D eigenvalue weighted by Gasteiger charge is -2.17. The van der Waals surface area contributed by atoms with Crippen molar-refractivity contribution in [3.63, 3.8) is 0 Å². The maximum Gasteiger partial charge on any atom is 0.222 e. The van der Waals surface area contributed by atoms with E-state index in [-0.39, 0.29) is 5.41 Å². The molecule has 0 fully saturated rings. The number of aromatic nitrogens is 1. The average Bonchev–Trinajstić information content (AvgIpc) is 2.03. The number of pyridine rings is 1. The summed E-state index contributed by atoms with van der Waals surface area (Å²) in [5.41, 5.74) is 1.53. The fourth-order valence-corrected chi connectivity index (χ4v) is 1.03. The summed E-state index contributed by atoms with van der Waals surface area (Å²) in [6, 6.07) is 4.15. The normalized spacial score (nSPS) is 11.3. The van der Waals surface area contributed by atoms with Crippen molar-refractivity contribution in [2.75, 3.05) is 7.11 Å². The molecular weight excluding hydrogens is 150 g/mol. The lowest BCUT2D eigenvalue weighted by Crippen LogP contribution is -2.39. The molecule has 12 heavy (non-hydrogen) atoms. The van der Waals surface area contributed by atoms with Gasteiger partial charge >= 0.3 is 0 Å². The molecule has 66 valence electrons. The highest BCUT2D eigenvalue weighted by Gasteiger charge is 2.14. The van der Waals surface area contributed by atoms with Crippen LogP contribution in [0.25, 0.3) is 0 Å². The minimum absolute atomic E-state index is 0.215. The molecule has 0 saturated heterocycles. The van der Waals surface area contributed by atoms with Crippen molar-refractivity contribution in [2.24, 2.45) is 0 Å². The third-order valence-corrected chi connectivity index (χ3v) is 1.88.